The quantitative estimate of drug-likeness (QED) is 0.0878. The fourth-order valence-corrected chi connectivity index (χ4v) is 6.52. The summed E-state index contributed by atoms with van der Waals surface area (Å²) in [7, 11) is -9.41. The van der Waals surface area contributed by atoms with Crippen molar-refractivity contribution in [2.45, 2.75) is 139 Å². The minimum absolute atomic E-state index is 0. The number of unbranched alkanes of at least 4 members (excludes halogenated alkanes) is 13. The number of aryl methyl sites for hydroxylation is 2. The second-order valence-electron chi connectivity index (χ2n) is 11.6. The van der Waals surface area contributed by atoms with E-state index in [1.807, 2.05) is 0 Å². The molecule has 0 aliphatic carbocycles. The van der Waals surface area contributed by atoms with Gasteiger partial charge in [-0.25, -0.2) is 16.8 Å². The second kappa shape index (κ2) is 25.8. The normalized spacial score (nSPS) is 11.5. The van der Waals surface area contributed by atoms with Gasteiger partial charge < -0.3 is 18.6 Å². The van der Waals surface area contributed by atoms with Crippen LogP contribution in [0.15, 0.2) is 46.2 Å². The maximum absolute atomic E-state index is 11.9. The first-order valence-corrected chi connectivity index (χ1v) is 19.3. The third-order valence-electron chi connectivity index (χ3n) is 7.75. The van der Waals surface area contributed by atoms with E-state index in [-0.39, 0.29) is 93.6 Å². The molecule has 0 spiro atoms. The zero-order chi connectivity index (χ0) is 32.3. The third-order valence-corrected chi connectivity index (χ3v) is 9.46. The van der Waals surface area contributed by atoms with Crippen LogP contribution in [0.4, 0.5) is 0 Å². The van der Waals surface area contributed by atoms with Crippen molar-refractivity contribution in [3.63, 3.8) is 0 Å². The first-order valence-electron chi connectivity index (χ1n) is 16.5. The molecule has 0 radical (unpaired) electrons. The summed E-state index contributed by atoms with van der Waals surface area (Å²) in [5.74, 6) is 0.0565. The minimum Gasteiger partial charge on any atom is -0.744 e. The molecule has 2 rings (SSSR count). The van der Waals surface area contributed by atoms with E-state index in [1.165, 1.54) is 75.6 Å². The Morgan fingerprint density at radius 3 is 1.15 bits per heavy atom. The molecular formula is C34H52Na2O8S2. The summed E-state index contributed by atoms with van der Waals surface area (Å²) in [6, 6.07) is 9.51. The molecule has 0 saturated carbocycles. The van der Waals surface area contributed by atoms with Crippen molar-refractivity contribution >= 4 is 20.2 Å². The molecule has 46 heavy (non-hydrogen) atoms. The van der Waals surface area contributed by atoms with Crippen molar-refractivity contribution < 1.29 is 94.5 Å². The van der Waals surface area contributed by atoms with Gasteiger partial charge in [0, 0.05) is 0 Å². The molecular weight excluding hydrogens is 646 g/mol. The molecule has 0 atom stereocenters. The molecule has 0 saturated heterocycles. The molecule has 0 unspecified atom stereocenters. The number of rotatable bonds is 25. The predicted molar refractivity (Wildman–Crippen MR) is 172 cm³/mol. The fourth-order valence-electron chi connectivity index (χ4n) is 5.19. The van der Waals surface area contributed by atoms with Gasteiger partial charge in [0.25, 0.3) is 0 Å². The van der Waals surface area contributed by atoms with Crippen LogP contribution >= 0.6 is 0 Å². The van der Waals surface area contributed by atoms with Crippen molar-refractivity contribution in [1.82, 2.24) is 0 Å². The molecule has 2 aromatic rings. The largest absolute Gasteiger partial charge is 1.00 e. The standard InChI is InChI=1S/C34H54O8S2.2Na/c1-3-5-7-9-11-13-15-19-29-21-23-31(33(27-29)43(35,36)37)41-25-17-18-26-42-32-24-22-30(28-34(32)44(38,39)40)20-16-14-12-10-8-6-4-2;;/h21-24,27-28H,3-20,25-26H2,1-2H3,(H,35,36,37)(H,38,39,40);;/q;2*+1/p-2. The maximum atomic E-state index is 11.9. The van der Waals surface area contributed by atoms with Crippen LogP contribution in [0, 0.1) is 0 Å². The van der Waals surface area contributed by atoms with E-state index in [0.29, 0.717) is 25.7 Å². The Kier molecular flexibility index (Phi) is 25.7. The first-order chi connectivity index (χ1) is 21.1. The summed E-state index contributed by atoms with van der Waals surface area (Å²) in [5.41, 5.74) is 1.59. The number of hydrogen-bond donors (Lipinski definition) is 0. The topological polar surface area (TPSA) is 133 Å². The van der Waals surface area contributed by atoms with Crippen molar-refractivity contribution in [2.75, 3.05) is 13.2 Å². The van der Waals surface area contributed by atoms with Crippen LogP contribution in [-0.4, -0.2) is 39.2 Å². The van der Waals surface area contributed by atoms with E-state index >= 15 is 0 Å². The molecule has 0 N–H and O–H groups in total. The van der Waals surface area contributed by atoms with Crippen LogP contribution in [0.1, 0.15) is 128 Å². The van der Waals surface area contributed by atoms with E-state index in [4.69, 9.17) is 9.47 Å². The van der Waals surface area contributed by atoms with Crippen molar-refractivity contribution in [1.29, 1.82) is 0 Å². The smallest absolute Gasteiger partial charge is 0.744 e. The monoisotopic (exact) mass is 698 g/mol. The van der Waals surface area contributed by atoms with Crippen LogP contribution in [0.2, 0.25) is 0 Å². The Labute approximate surface area is 323 Å². The Morgan fingerprint density at radius 1 is 0.500 bits per heavy atom. The second-order valence-corrected chi connectivity index (χ2v) is 14.3. The number of benzene rings is 2. The van der Waals surface area contributed by atoms with Gasteiger partial charge in [0.15, 0.2) is 0 Å². The molecule has 0 amide bonds. The molecule has 0 aliphatic heterocycles. The Bertz CT molecular complexity index is 1220. The van der Waals surface area contributed by atoms with Crippen LogP contribution in [-0.2, 0) is 33.1 Å². The zero-order valence-corrected chi connectivity index (χ0v) is 34.3. The number of ether oxygens (including phenoxy) is 2. The number of hydrogen-bond acceptors (Lipinski definition) is 8. The molecule has 12 heteroatoms. The molecule has 0 aliphatic rings. The average Bonchev–Trinajstić information content (AvgIpc) is 2.97. The summed E-state index contributed by atoms with van der Waals surface area (Å²) >= 11 is 0. The molecule has 0 aromatic heterocycles. The van der Waals surface area contributed by atoms with Gasteiger partial charge in [-0.1, -0.05) is 103 Å². The minimum atomic E-state index is -4.71. The molecule has 250 valence electrons. The van der Waals surface area contributed by atoms with Crippen LogP contribution in [0.5, 0.6) is 11.5 Å². The van der Waals surface area contributed by atoms with Crippen LogP contribution < -0.4 is 68.6 Å². The summed E-state index contributed by atoms with van der Waals surface area (Å²) in [6.45, 7) is 4.66. The van der Waals surface area contributed by atoms with Gasteiger partial charge in [-0.2, -0.15) is 0 Å². The van der Waals surface area contributed by atoms with Gasteiger partial charge in [0.1, 0.15) is 31.7 Å². The fraction of sp³-hybridized carbons (Fsp3) is 0.647. The summed E-state index contributed by atoms with van der Waals surface area (Å²) in [5, 5.41) is 0. The summed E-state index contributed by atoms with van der Waals surface area (Å²) < 4.78 is 82.7. The molecule has 0 bridgehead atoms. The van der Waals surface area contributed by atoms with Crippen LogP contribution in [0.3, 0.4) is 0 Å². The van der Waals surface area contributed by atoms with Gasteiger partial charge in [0.05, 0.1) is 23.0 Å². The average molecular weight is 699 g/mol. The zero-order valence-electron chi connectivity index (χ0n) is 28.7. The molecule has 8 nitrogen and oxygen atoms in total. The Balaban J connectivity index is 0.0000101. The van der Waals surface area contributed by atoms with Gasteiger partial charge in [-0.15, -0.1) is 0 Å². The van der Waals surface area contributed by atoms with E-state index < -0.39 is 20.2 Å². The summed E-state index contributed by atoms with van der Waals surface area (Å²) in [6.07, 6.45) is 18.4. The van der Waals surface area contributed by atoms with E-state index in [2.05, 4.69) is 13.8 Å². The third kappa shape index (κ3) is 19.2. The van der Waals surface area contributed by atoms with Crippen molar-refractivity contribution in [3.05, 3.63) is 47.5 Å². The van der Waals surface area contributed by atoms with E-state index in [0.717, 1.165) is 49.7 Å². The van der Waals surface area contributed by atoms with Crippen molar-refractivity contribution in [2.24, 2.45) is 0 Å². The first kappa shape index (κ1) is 45.9. The van der Waals surface area contributed by atoms with Gasteiger partial charge in [-0.3, -0.25) is 0 Å². The Hall–Kier alpha value is -0.140. The van der Waals surface area contributed by atoms with Gasteiger partial charge >= 0.3 is 59.1 Å². The van der Waals surface area contributed by atoms with E-state index in [1.54, 1.807) is 12.1 Å². The van der Waals surface area contributed by atoms with Crippen molar-refractivity contribution in [3.8, 4) is 11.5 Å². The van der Waals surface area contributed by atoms with Gasteiger partial charge in [-0.05, 0) is 73.9 Å². The van der Waals surface area contributed by atoms with Crippen LogP contribution in [0.25, 0.3) is 0 Å². The summed E-state index contributed by atoms with van der Waals surface area (Å²) in [4.78, 5) is -0.702. The predicted octanol–water partition coefficient (Wildman–Crippen LogP) is 2.33. The SMILES string of the molecule is CCCCCCCCCc1ccc(OCCCCOc2ccc(CCCCCCCCC)cc2S(=O)(=O)[O-])c(S(=O)(=O)[O-])c1.[Na+].[Na+]. The van der Waals surface area contributed by atoms with E-state index in [9.17, 15) is 25.9 Å². The molecule has 0 fully saturated rings. The Morgan fingerprint density at radius 2 is 0.826 bits per heavy atom. The molecule has 2 aromatic carbocycles. The molecule has 0 heterocycles. The maximum Gasteiger partial charge on any atom is 1.00 e. The van der Waals surface area contributed by atoms with Gasteiger partial charge in [0.2, 0.25) is 0 Å².